The number of benzene rings is 1. The zero-order chi connectivity index (χ0) is 15.7. The van der Waals surface area contributed by atoms with E-state index >= 15 is 0 Å². The summed E-state index contributed by atoms with van der Waals surface area (Å²) in [6.07, 6.45) is 0.693. The Bertz CT molecular complexity index is 447. The molecular formula is C16H23NO4. The third-order valence-corrected chi connectivity index (χ3v) is 3.14. The number of ether oxygens (including phenoxy) is 1. The zero-order valence-corrected chi connectivity index (χ0v) is 12.6. The van der Waals surface area contributed by atoms with Gasteiger partial charge in [0.25, 0.3) is 5.91 Å². The Morgan fingerprint density at radius 2 is 1.95 bits per heavy atom. The fourth-order valence-corrected chi connectivity index (χ4v) is 1.95. The average molecular weight is 293 g/mol. The lowest BCUT2D eigenvalue weighted by Crippen LogP contribution is -2.38. The summed E-state index contributed by atoms with van der Waals surface area (Å²) in [5.41, 5.74) is 0.575. The summed E-state index contributed by atoms with van der Waals surface area (Å²) in [7, 11) is 0. The molecule has 0 aliphatic carbocycles. The average Bonchev–Trinajstić information content (AvgIpc) is 2.50. The van der Waals surface area contributed by atoms with E-state index in [4.69, 9.17) is 9.84 Å². The lowest BCUT2D eigenvalue weighted by Gasteiger charge is -2.24. The molecule has 0 aliphatic rings. The Morgan fingerprint density at radius 3 is 2.52 bits per heavy atom. The maximum atomic E-state index is 12.5. The molecule has 0 spiro atoms. The summed E-state index contributed by atoms with van der Waals surface area (Å²) in [6.45, 7) is 5.42. The predicted octanol–water partition coefficient (Wildman–Crippen LogP) is 2.28. The van der Waals surface area contributed by atoms with Crippen molar-refractivity contribution >= 4 is 11.9 Å². The Kier molecular flexibility index (Phi) is 7.46. The van der Waals surface area contributed by atoms with Crippen LogP contribution >= 0.6 is 0 Å². The molecule has 0 radical (unpaired) electrons. The molecule has 0 saturated carbocycles. The van der Waals surface area contributed by atoms with E-state index in [-0.39, 0.29) is 12.5 Å². The van der Waals surface area contributed by atoms with Gasteiger partial charge in [-0.2, -0.15) is 0 Å². The normalized spacial score (nSPS) is 11.9. The van der Waals surface area contributed by atoms with Crippen LogP contribution in [0.5, 0.6) is 0 Å². The van der Waals surface area contributed by atoms with Crippen LogP contribution in [-0.4, -0.2) is 48.2 Å². The number of amides is 1. The topological polar surface area (TPSA) is 66.8 Å². The van der Waals surface area contributed by atoms with E-state index in [1.807, 2.05) is 13.0 Å². The SMILES string of the molecule is CCOCCCN(CC(C)C(=O)O)C(=O)c1ccccc1. The van der Waals surface area contributed by atoms with Gasteiger partial charge in [0.15, 0.2) is 0 Å². The monoisotopic (exact) mass is 293 g/mol. The number of nitrogens with zero attached hydrogens (tertiary/aromatic N) is 1. The van der Waals surface area contributed by atoms with Crippen molar-refractivity contribution in [1.29, 1.82) is 0 Å². The van der Waals surface area contributed by atoms with Crippen LogP contribution in [0.2, 0.25) is 0 Å². The van der Waals surface area contributed by atoms with Crippen LogP contribution in [0, 0.1) is 5.92 Å². The van der Waals surface area contributed by atoms with Gasteiger partial charge in [-0.1, -0.05) is 25.1 Å². The van der Waals surface area contributed by atoms with E-state index in [1.165, 1.54) is 0 Å². The summed E-state index contributed by atoms with van der Waals surface area (Å²) >= 11 is 0. The summed E-state index contributed by atoms with van der Waals surface area (Å²) < 4.78 is 5.27. The Labute approximate surface area is 125 Å². The highest BCUT2D eigenvalue weighted by atomic mass is 16.5. The number of aliphatic carboxylic acids is 1. The molecule has 1 amide bonds. The maximum absolute atomic E-state index is 12.5. The van der Waals surface area contributed by atoms with Crippen LogP contribution in [0.4, 0.5) is 0 Å². The smallest absolute Gasteiger partial charge is 0.308 e. The van der Waals surface area contributed by atoms with E-state index in [0.29, 0.717) is 31.7 Å². The molecule has 1 aromatic rings. The molecule has 0 fully saturated rings. The van der Waals surface area contributed by atoms with Crippen molar-refractivity contribution in [2.75, 3.05) is 26.3 Å². The number of rotatable bonds is 9. The Hall–Kier alpha value is -1.88. The number of carboxylic acid groups (broad SMARTS) is 1. The molecule has 1 N–H and O–H groups in total. The van der Waals surface area contributed by atoms with E-state index in [0.717, 1.165) is 0 Å². The third kappa shape index (κ3) is 5.95. The molecule has 1 rings (SSSR count). The van der Waals surface area contributed by atoms with Gasteiger partial charge in [-0.3, -0.25) is 9.59 Å². The highest BCUT2D eigenvalue weighted by Gasteiger charge is 2.21. The van der Waals surface area contributed by atoms with Crippen molar-refractivity contribution in [2.24, 2.45) is 5.92 Å². The van der Waals surface area contributed by atoms with E-state index in [9.17, 15) is 9.59 Å². The highest BCUT2D eigenvalue weighted by Crippen LogP contribution is 2.09. The van der Waals surface area contributed by atoms with Crippen molar-refractivity contribution in [3.8, 4) is 0 Å². The molecule has 0 aliphatic heterocycles. The van der Waals surface area contributed by atoms with Crippen molar-refractivity contribution in [3.05, 3.63) is 35.9 Å². The molecule has 0 heterocycles. The standard InChI is InChI=1S/C16H23NO4/c1-3-21-11-7-10-17(12-13(2)16(19)20)15(18)14-8-5-4-6-9-14/h4-6,8-9,13H,3,7,10-12H2,1-2H3,(H,19,20). The fraction of sp³-hybridized carbons (Fsp3) is 0.500. The van der Waals surface area contributed by atoms with Crippen molar-refractivity contribution in [2.45, 2.75) is 20.3 Å². The molecule has 0 saturated heterocycles. The number of carbonyl (C=O) groups excluding carboxylic acids is 1. The summed E-state index contributed by atoms with van der Waals surface area (Å²) in [5.74, 6) is -1.63. The van der Waals surface area contributed by atoms with Crippen molar-refractivity contribution < 1.29 is 19.4 Å². The van der Waals surface area contributed by atoms with E-state index in [1.54, 1.807) is 36.1 Å². The first-order chi connectivity index (χ1) is 10.1. The second-order valence-electron chi connectivity index (χ2n) is 4.91. The minimum atomic E-state index is -0.898. The van der Waals surface area contributed by atoms with Crippen LogP contribution in [-0.2, 0) is 9.53 Å². The minimum absolute atomic E-state index is 0.139. The maximum Gasteiger partial charge on any atom is 0.308 e. The van der Waals surface area contributed by atoms with E-state index in [2.05, 4.69) is 0 Å². The van der Waals surface area contributed by atoms with Gasteiger partial charge in [0.1, 0.15) is 0 Å². The molecule has 0 bridgehead atoms. The van der Waals surface area contributed by atoms with Gasteiger partial charge < -0.3 is 14.7 Å². The van der Waals surface area contributed by atoms with Gasteiger partial charge in [0.2, 0.25) is 0 Å². The van der Waals surface area contributed by atoms with Gasteiger partial charge in [0, 0.05) is 31.9 Å². The van der Waals surface area contributed by atoms with Gasteiger partial charge in [-0.25, -0.2) is 0 Å². The largest absolute Gasteiger partial charge is 0.481 e. The molecule has 1 aromatic carbocycles. The predicted molar refractivity (Wildman–Crippen MR) is 80.3 cm³/mol. The second kappa shape index (κ2) is 9.13. The van der Waals surface area contributed by atoms with Crippen LogP contribution in [0.3, 0.4) is 0 Å². The summed E-state index contributed by atoms with van der Waals surface area (Å²) in [5, 5.41) is 9.03. The third-order valence-electron chi connectivity index (χ3n) is 3.14. The molecule has 1 atom stereocenters. The van der Waals surface area contributed by atoms with Gasteiger partial charge in [-0.15, -0.1) is 0 Å². The number of carboxylic acids is 1. The summed E-state index contributed by atoms with van der Waals surface area (Å²) in [6, 6.07) is 8.92. The molecule has 0 aromatic heterocycles. The second-order valence-corrected chi connectivity index (χ2v) is 4.91. The molecule has 1 unspecified atom stereocenters. The number of hydrogen-bond acceptors (Lipinski definition) is 3. The molecule has 21 heavy (non-hydrogen) atoms. The van der Waals surface area contributed by atoms with E-state index < -0.39 is 11.9 Å². The zero-order valence-electron chi connectivity index (χ0n) is 12.6. The van der Waals surface area contributed by atoms with Gasteiger partial charge >= 0.3 is 5.97 Å². The molecule has 116 valence electrons. The highest BCUT2D eigenvalue weighted by molar-refractivity contribution is 5.94. The first-order valence-electron chi connectivity index (χ1n) is 7.21. The Balaban J connectivity index is 2.70. The van der Waals surface area contributed by atoms with Crippen molar-refractivity contribution in [1.82, 2.24) is 4.90 Å². The van der Waals surface area contributed by atoms with Crippen LogP contribution in [0.25, 0.3) is 0 Å². The lowest BCUT2D eigenvalue weighted by atomic mass is 10.1. The quantitative estimate of drug-likeness (QED) is 0.709. The first kappa shape index (κ1) is 17.2. The first-order valence-corrected chi connectivity index (χ1v) is 7.21. The fourth-order valence-electron chi connectivity index (χ4n) is 1.95. The molecule has 5 nitrogen and oxygen atoms in total. The van der Waals surface area contributed by atoms with Crippen LogP contribution in [0.15, 0.2) is 30.3 Å². The lowest BCUT2D eigenvalue weighted by molar-refractivity contribution is -0.141. The van der Waals surface area contributed by atoms with Crippen LogP contribution in [0.1, 0.15) is 30.6 Å². The van der Waals surface area contributed by atoms with Gasteiger partial charge in [0.05, 0.1) is 5.92 Å². The summed E-state index contributed by atoms with van der Waals surface area (Å²) in [4.78, 5) is 25.1. The number of hydrogen-bond donors (Lipinski definition) is 1. The molecular weight excluding hydrogens is 270 g/mol. The van der Waals surface area contributed by atoms with Crippen LogP contribution < -0.4 is 0 Å². The van der Waals surface area contributed by atoms with Gasteiger partial charge in [-0.05, 0) is 25.5 Å². The minimum Gasteiger partial charge on any atom is -0.481 e. The van der Waals surface area contributed by atoms with Crippen molar-refractivity contribution in [3.63, 3.8) is 0 Å². The Morgan fingerprint density at radius 1 is 1.29 bits per heavy atom. The molecule has 5 heteroatoms. The number of carbonyl (C=O) groups is 2.